The number of pyridine rings is 1. The number of para-hydroxylation sites is 3. The van der Waals surface area contributed by atoms with Crippen LogP contribution in [-0.2, 0) is 5.41 Å². The summed E-state index contributed by atoms with van der Waals surface area (Å²) in [4.78, 5) is 5.02. The van der Waals surface area contributed by atoms with E-state index in [1.807, 2.05) is 12.3 Å². The molecule has 12 aromatic rings. The van der Waals surface area contributed by atoms with Gasteiger partial charge in [-0.15, -0.1) is 0 Å². The Balaban J connectivity index is 1.09. The number of rotatable bonds is 1. The quantitative estimate of drug-likeness (QED) is 0.122. The summed E-state index contributed by atoms with van der Waals surface area (Å²) in [7, 11) is 0. The van der Waals surface area contributed by atoms with Crippen LogP contribution in [0.25, 0.3) is 106 Å². The monoisotopic (exact) mass is 886 g/mol. The summed E-state index contributed by atoms with van der Waals surface area (Å²) in [5, 5.41) is 2.26. The maximum absolute atomic E-state index is 6.84. The first kappa shape index (κ1) is 40.5. The Kier molecular flexibility index (Phi) is 9.34. The van der Waals surface area contributed by atoms with E-state index in [1.165, 1.54) is 33.4 Å². The van der Waals surface area contributed by atoms with E-state index in [4.69, 9.17) is 9.72 Å². The number of hydrogen-bond acceptors (Lipinski definition) is 2. The number of aromatic nitrogens is 4. The van der Waals surface area contributed by atoms with Crippen LogP contribution in [0.3, 0.4) is 0 Å². The van der Waals surface area contributed by atoms with Gasteiger partial charge in [-0.3, -0.25) is 13.7 Å². The van der Waals surface area contributed by atoms with Crippen LogP contribution in [-0.4, -0.2) is 14.1 Å². The molecular weight excluding hydrogens is 841 g/mol. The maximum atomic E-state index is 6.84. The molecule has 5 heteroatoms. The number of benzene rings is 9. The summed E-state index contributed by atoms with van der Waals surface area (Å²) < 4.78 is 13.5. The Hall–Kier alpha value is -8.80. The van der Waals surface area contributed by atoms with Crippen LogP contribution in [0.4, 0.5) is 0 Å². The normalized spacial score (nSPS) is 12.1. The number of fused-ring (bicyclic) bond motifs is 2. The number of imidazole rings is 1. The molecule has 0 radical (unpaired) electrons. The molecule has 69 heavy (non-hydrogen) atoms. The highest BCUT2D eigenvalue weighted by molar-refractivity contribution is 6.11. The smallest absolute Gasteiger partial charge is 0.269 e. The van der Waals surface area contributed by atoms with Gasteiger partial charge in [-0.25, -0.2) is 4.98 Å². The first-order valence-electron chi connectivity index (χ1n) is 23.6. The molecule has 14 rings (SSSR count). The molecule has 0 amide bonds. The average molecular weight is 887 g/mol. The lowest BCUT2D eigenvalue weighted by atomic mass is 9.86. The molecule has 2 aliphatic heterocycles. The van der Waals surface area contributed by atoms with Crippen molar-refractivity contribution in [3.63, 3.8) is 0 Å². The Morgan fingerprint density at radius 3 is 1.80 bits per heavy atom. The predicted molar refractivity (Wildman–Crippen MR) is 282 cm³/mol. The topological polar surface area (TPSA) is 35.9 Å². The second kappa shape index (κ2) is 15.9. The van der Waals surface area contributed by atoms with Gasteiger partial charge in [0.1, 0.15) is 17.3 Å². The molecule has 328 valence electrons. The maximum Gasteiger partial charge on any atom is 0.269 e. The molecule has 0 aliphatic carbocycles. The zero-order valence-electron chi connectivity index (χ0n) is 38.6. The summed E-state index contributed by atoms with van der Waals surface area (Å²) in [5.74, 6) is 2.32. The van der Waals surface area contributed by atoms with Gasteiger partial charge in [0, 0.05) is 23.0 Å². The van der Waals surface area contributed by atoms with Crippen molar-refractivity contribution < 1.29 is 9.30 Å². The van der Waals surface area contributed by atoms with Gasteiger partial charge in [0.15, 0.2) is 0 Å². The van der Waals surface area contributed by atoms with Crippen molar-refractivity contribution in [3.8, 4) is 84.3 Å². The van der Waals surface area contributed by atoms with Crippen molar-refractivity contribution >= 4 is 32.8 Å². The third kappa shape index (κ3) is 6.85. The Morgan fingerprint density at radius 2 is 1.06 bits per heavy atom. The predicted octanol–water partition coefficient (Wildman–Crippen LogP) is 15.9. The highest BCUT2D eigenvalue weighted by atomic mass is 16.5. The van der Waals surface area contributed by atoms with E-state index in [0.29, 0.717) is 0 Å². The van der Waals surface area contributed by atoms with Crippen LogP contribution in [0.1, 0.15) is 26.3 Å². The molecule has 2 aliphatic rings. The van der Waals surface area contributed by atoms with Crippen LogP contribution in [0.2, 0.25) is 0 Å². The molecule has 11 bridgehead atoms. The molecule has 0 N–H and O–H groups in total. The van der Waals surface area contributed by atoms with Crippen LogP contribution in [0, 0.1) is 6.33 Å². The third-order valence-electron chi connectivity index (χ3n) is 13.8. The summed E-state index contributed by atoms with van der Waals surface area (Å²) in [5.41, 5.74) is 18.8. The first-order valence-corrected chi connectivity index (χ1v) is 23.6. The molecule has 5 heterocycles. The number of nitrogens with zero attached hydrogens (tertiary/aromatic N) is 4. The Morgan fingerprint density at radius 1 is 0.449 bits per heavy atom. The fourth-order valence-corrected chi connectivity index (χ4v) is 10.4. The van der Waals surface area contributed by atoms with E-state index in [-0.39, 0.29) is 5.41 Å². The highest BCUT2D eigenvalue weighted by Crippen LogP contribution is 2.44. The van der Waals surface area contributed by atoms with E-state index in [1.54, 1.807) is 0 Å². The van der Waals surface area contributed by atoms with Gasteiger partial charge in [0.2, 0.25) is 0 Å². The van der Waals surface area contributed by atoms with E-state index >= 15 is 0 Å². The largest absolute Gasteiger partial charge is 0.458 e. The molecule has 0 unspecified atom stereocenters. The second-order valence-corrected chi connectivity index (χ2v) is 19.0. The van der Waals surface area contributed by atoms with Gasteiger partial charge in [-0.05, 0) is 133 Å². The van der Waals surface area contributed by atoms with Gasteiger partial charge in [0.05, 0.1) is 33.4 Å². The Labute approximate surface area is 401 Å². The summed E-state index contributed by atoms with van der Waals surface area (Å²) >= 11 is 0. The summed E-state index contributed by atoms with van der Waals surface area (Å²) in [6.45, 7) is 6.74. The average Bonchev–Trinajstić information content (AvgIpc) is 3.94. The SMILES string of the molecule is CC(C)(C)c1ccnc(-n2c3ccc4cc3c3ccc(cc32)Oc2cccc(c2)-n2[c-][n+](c3ccccc32)-c2ccccc2-c2cccc(c2)-c2ccccc2-c2ccccc2-c2ccccc2-4)c1. The van der Waals surface area contributed by atoms with Crippen molar-refractivity contribution in [1.29, 1.82) is 0 Å². The van der Waals surface area contributed by atoms with Crippen molar-refractivity contribution in [3.05, 3.63) is 236 Å². The fourth-order valence-electron chi connectivity index (χ4n) is 10.4. The zero-order valence-corrected chi connectivity index (χ0v) is 38.6. The minimum absolute atomic E-state index is 0.0600. The van der Waals surface area contributed by atoms with Crippen molar-refractivity contribution in [2.45, 2.75) is 26.2 Å². The summed E-state index contributed by atoms with van der Waals surface area (Å²) in [6, 6.07) is 78.6. The molecule has 0 spiro atoms. The van der Waals surface area contributed by atoms with Crippen LogP contribution in [0.15, 0.2) is 225 Å². The van der Waals surface area contributed by atoms with Crippen LogP contribution in [0.5, 0.6) is 11.5 Å². The minimum Gasteiger partial charge on any atom is -0.458 e. The zero-order chi connectivity index (χ0) is 46.2. The standard InChI is InChI=1S/C64H46N4O/c1-64(2,3)45-34-35-65-63(38-45)68-59-33-30-44-37-57(59)56-32-31-48(40-62(56)68)69-47-19-15-18-46(39-47)66-41-67(61-29-13-12-28-60(61)66)58-27-11-10-22-51(58)43-17-14-16-42(36-43)49-20-4-6-23-52(49)54-25-8-9-26-55(54)53-24-7-5-21-50(44)53/h4-40H,1-3H3. The molecular formula is C64H46N4O. The van der Waals surface area contributed by atoms with E-state index < -0.39 is 0 Å². The lowest BCUT2D eigenvalue weighted by Crippen LogP contribution is -2.30. The van der Waals surface area contributed by atoms with Gasteiger partial charge < -0.3 is 4.74 Å². The van der Waals surface area contributed by atoms with Gasteiger partial charge in [-0.1, -0.05) is 166 Å². The molecule has 0 atom stereocenters. The molecule has 5 nitrogen and oxygen atoms in total. The number of hydrogen-bond donors (Lipinski definition) is 0. The highest BCUT2D eigenvalue weighted by Gasteiger charge is 2.22. The molecule has 3 aromatic heterocycles. The Bertz CT molecular complexity index is 4000. The first-order chi connectivity index (χ1) is 33.8. The summed E-state index contributed by atoms with van der Waals surface area (Å²) in [6.07, 6.45) is 5.71. The molecule has 9 aromatic carbocycles. The molecule has 0 fully saturated rings. The van der Waals surface area contributed by atoms with E-state index in [2.05, 4.69) is 253 Å². The van der Waals surface area contributed by atoms with Gasteiger partial charge >= 0.3 is 0 Å². The second-order valence-electron chi connectivity index (χ2n) is 19.0. The lowest BCUT2D eigenvalue weighted by molar-refractivity contribution is -0.571. The fraction of sp³-hybridized carbons (Fsp3) is 0.0625. The van der Waals surface area contributed by atoms with Crippen LogP contribution >= 0.6 is 0 Å². The third-order valence-corrected chi connectivity index (χ3v) is 13.8. The lowest BCUT2D eigenvalue weighted by Gasteiger charge is -2.20. The number of ether oxygens (including phenoxy) is 1. The molecule has 0 saturated heterocycles. The van der Waals surface area contributed by atoms with Crippen molar-refractivity contribution in [1.82, 2.24) is 14.1 Å². The minimum atomic E-state index is -0.0600. The van der Waals surface area contributed by atoms with Crippen molar-refractivity contribution in [2.75, 3.05) is 0 Å². The van der Waals surface area contributed by atoms with E-state index in [0.717, 1.165) is 89.3 Å². The van der Waals surface area contributed by atoms with Gasteiger partial charge in [0.25, 0.3) is 6.33 Å². The van der Waals surface area contributed by atoms with Crippen LogP contribution < -0.4 is 9.30 Å². The van der Waals surface area contributed by atoms with Crippen molar-refractivity contribution in [2.24, 2.45) is 0 Å². The van der Waals surface area contributed by atoms with Gasteiger partial charge in [-0.2, -0.15) is 0 Å². The van der Waals surface area contributed by atoms with E-state index in [9.17, 15) is 0 Å². The molecule has 0 saturated carbocycles.